The van der Waals surface area contributed by atoms with Crippen LogP contribution in [-0.2, 0) is 4.79 Å². The molecular weight excluding hydrogens is 170 g/mol. The number of carbonyl (C=O) groups is 1. The van der Waals surface area contributed by atoms with Gasteiger partial charge in [-0.2, -0.15) is 0 Å². The largest absolute Gasteiger partial charge is 0.479 e. The van der Waals surface area contributed by atoms with E-state index < -0.39 is 12.1 Å². The molecule has 1 saturated heterocycles. The first kappa shape index (κ1) is 10.7. The van der Waals surface area contributed by atoms with Gasteiger partial charge in [0.25, 0.3) is 0 Å². The molecule has 2 unspecified atom stereocenters. The number of hydrogen-bond donors (Lipinski definition) is 3. The van der Waals surface area contributed by atoms with E-state index in [0.717, 1.165) is 19.4 Å². The first-order chi connectivity index (χ1) is 4.72. The summed E-state index contributed by atoms with van der Waals surface area (Å²) in [5.41, 5.74) is 0. The first-order valence-corrected chi connectivity index (χ1v) is 3.36. The van der Waals surface area contributed by atoms with E-state index in [-0.39, 0.29) is 18.4 Å². The van der Waals surface area contributed by atoms with Gasteiger partial charge in [-0.1, -0.05) is 0 Å². The quantitative estimate of drug-likeness (QED) is 0.543. The fourth-order valence-electron chi connectivity index (χ4n) is 1.15. The highest BCUT2D eigenvalue weighted by atomic mass is 35.5. The minimum absolute atomic E-state index is 0. The van der Waals surface area contributed by atoms with Gasteiger partial charge in [0.1, 0.15) is 0 Å². The summed E-state index contributed by atoms with van der Waals surface area (Å²) in [6.07, 6.45) is 0.477. The van der Waals surface area contributed by atoms with Crippen LogP contribution < -0.4 is 5.32 Å². The molecule has 2 atom stereocenters. The Morgan fingerprint density at radius 3 is 2.64 bits per heavy atom. The number of carboxylic acids is 1. The second kappa shape index (κ2) is 4.54. The van der Waals surface area contributed by atoms with Gasteiger partial charge in [0.05, 0.1) is 0 Å². The lowest BCUT2D eigenvalue weighted by Crippen LogP contribution is -2.40. The maximum atomic E-state index is 10.2. The minimum Gasteiger partial charge on any atom is -0.479 e. The summed E-state index contributed by atoms with van der Waals surface area (Å²) in [4.78, 5) is 10.2. The van der Waals surface area contributed by atoms with Crippen molar-refractivity contribution in [1.29, 1.82) is 0 Å². The zero-order valence-electron chi connectivity index (χ0n) is 5.99. The van der Waals surface area contributed by atoms with Crippen LogP contribution in [-0.4, -0.2) is 34.9 Å². The van der Waals surface area contributed by atoms with Gasteiger partial charge in [0.15, 0.2) is 6.10 Å². The summed E-state index contributed by atoms with van der Waals surface area (Å²) in [5.74, 6) is -1.14. The summed E-state index contributed by atoms with van der Waals surface area (Å²) in [7, 11) is 0. The number of rotatable bonds is 2. The first-order valence-electron chi connectivity index (χ1n) is 3.36. The highest BCUT2D eigenvalue weighted by molar-refractivity contribution is 5.85. The maximum Gasteiger partial charge on any atom is 0.334 e. The molecule has 1 aliphatic rings. The molecular formula is C6H12ClNO3. The number of aliphatic hydroxyl groups is 1. The molecule has 66 valence electrons. The Labute approximate surface area is 71.0 Å². The Bertz CT molecular complexity index is 136. The average molecular weight is 182 g/mol. The van der Waals surface area contributed by atoms with Gasteiger partial charge < -0.3 is 15.5 Å². The van der Waals surface area contributed by atoms with Crippen molar-refractivity contribution in [2.24, 2.45) is 0 Å². The molecule has 4 nitrogen and oxygen atoms in total. The molecule has 0 aromatic rings. The molecule has 5 heteroatoms. The molecule has 1 heterocycles. The van der Waals surface area contributed by atoms with E-state index in [1.807, 2.05) is 0 Å². The van der Waals surface area contributed by atoms with Gasteiger partial charge in [-0.05, 0) is 19.4 Å². The third-order valence-corrected chi connectivity index (χ3v) is 1.73. The van der Waals surface area contributed by atoms with Crippen molar-refractivity contribution in [3.05, 3.63) is 0 Å². The number of carboxylic acid groups (broad SMARTS) is 1. The predicted octanol–water partition coefficient (Wildman–Crippen LogP) is -0.394. The van der Waals surface area contributed by atoms with E-state index in [1.165, 1.54) is 0 Å². The lowest BCUT2D eigenvalue weighted by Gasteiger charge is -2.12. The van der Waals surface area contributed by atoms with Crippen molar-refractivity contribution in [1.82, 2.24) is 5.32 Å². The molecule has 0 aliphatic carbocycles. The Hall–Kier alpha value is -0.320. The van der Waals surface area contributed by atoms with Crippen molar-refractivity contribution < 1.29 is 15.0 Å². The molecule has 1 rings (SSSR count). The summed E-state index contributed by atoms with van der Waals surface area (Å²) < 4.78 is 0. The van der Waals surface area contributed by atoms with Gasteiger partial charge in [0.2, 0.25) is 0 Å². The fourth-order valence-corrected chi connectivity index (χ4v) is 1.15. The normalized spacial score (nSPS) is 25.7. The monoisotopic (exact) mass is 181 g/mol. The van der Waals surface area contributed by atoms with Gasteiger partial charge in [-0.15, -0.1) is 12.4 Å². The van der Waals surface area contributed by atoms with Gasteiger partial charge in [-0.25, -0.2) is 4.79 Å². The van der Waals surface area contributed by atoms with Crippen LogP contribution in [0.15, 0.2) is 0 Å². The molecule has 0 radical (unpaired) electrons. The molecule has 0 aromatic carbocycles. The van der Waals surface area contributed by atoms with E-state index in [9.17, 15) is 4.79 Å². The van der Waals surface area contributed by atoms with Crippen LogP contribution in [0, 0.1) is 0 Å². The number of aliphatic carboxylic acids is 1. The zero-order chi connectivity index (χ0) is 7.56. The summed E-state index contributed by atoms with van der Waals surface area (Å²) in [6, 6.07) is -0.238. The second-order valence-electron chi connectivity index (χ2n) is 2.49. The van der Waals surface area contributed by atoms with Crippen LogP contribution in [0.3, 0.4) is 0 Å². The Balaban J connectivity index is 0.000001000. The smallest absolute Gasteiger partial charge is 0.334 e. The second-order valence-corrected chi connectivity index (χ2v) is 2.49. The van der Waals surface area contributed by atoms with Crippen molar-refractivity contribution in [2.45, 2.75) is 25.0 Å². The number of hydrogen-bond acceptors (Lipinski definition) is 3. The Kier molecular flexibility index (Phi) is 4.40. The molecule has 1 fully saturated rings. The highest BCUT2D eigenvalue weighted by Gasteiger charge is 2.27. The average Bonchev–Trinajstić information content (AvgIpc) is 2.36. The lowest BCUT2D eigenvalue weighted by atomic mass is 10.1. The van der Waals surface area contributed by atoms with Gasteiger partial charge in [0, 0.05) is 6.04 Å². The van der Waals surface area contributed by atoms with Crippen LogP contribution in [0.4, 0.5) is 0 Å². The number of nitrogens with one attached hydrogen (secondary N) is 1. The van der Waals surface area contributed by atoms with E-state index in [2.05, 4.69) is 5.32 Å². The maximum absolute atomic E-state index is 10.2. The van der Waals surface area contributed by atoms with Crippen molar-refractivity contribution in [3.8, 4) is 0 Å². The van der Waals surface area contributed by atoms with Gasteiger partial charge in [-0.3, -0.25) is 0 Å². The Morgan fingerprint density at radius 1 is 1.64 bits per heavy atom. The van der Waals surface area contributed by atoms with Crippen LogP contribution >= 0.6 is 12.4 Å². The predicted molar refractivity (Wildman–Crippen MR) is 41.9 cm³/mol. The lowest BCUT2D eigenvalue weighted by molar-refractivity contribution is -0.147. The standard InChI is InChI=1S/C6H11NO3.ClH/c8-5(6(9)10)4-2-1-3-7-4;/h4-5,7-8H,1-3H2,(H,9,10);1H. The van der Waals surface area contributed by atoms with E-state index in [4.69, 9.17) is 10.2 Å². The highest BCUT2D eigenvalue weighted by Crippen LogP contribution is 2.08. The van der Waals surface area contributed by atoms with Crippen molar-refractivity contribution in [3.63, 3.8) is 0 Å². The van der Waals surface area contributed by atoms with Crippen LogP contribution in [0.25, 0.3) is 0 Å². The minimum atomic E-state index is -1.23. The van der Waals surface area contributed by atoms with Crippen LogP contribution in [0.1, 0.15) is 12.8 Å². The topological polar surface area (TPSA) is 69.6 Å². The SMILES string of the molecule is Cl.O=C(O)C(O)C1CCCN1. The van der Waals surface area contributed by atoms with E-state index in [1.54, 1.807) is 0 Å². The molecule has 3 N–H and O–H groups in total. The summed E-state index contributed by atoms with van der Waals surface area (Å²) >= 11 is 0. The summed E-state index contributed by atoms with van der Waals surface area (Å²) in [5, 5.41) is 20.2. The fraction of sp³-hybridized carbons (Fsp3) is 0.833. The van der Waals surface area contributed by atoms with Crippen LogP contribution in [0.5, 0.6) is 0 Å². The van der Waals surface area contributed by atoms with E-state index >= 15 is 0 Å². The van der Waals surface area contributed by atoms with Crippen molar-refractivity contribution in [2.75, 3.05) is 6.54 Å². The molecule has 0 saturated carbocycles. The number of halogens is 1. The third-order valence-electron chi connectivity index (χ3n) is 1.73. The van der Waals surface area contributed by atoms with E-state index in [0.29, 0.717) is 0 Å². The molecule has 0 bridgehead atoms. The molecule has 0 spiro atoms. The zero-order valence-corrected chi connectivity index (χ0v) is 6.80. The molecule has 0 aromatic heterocycles. The number of aliphatic hydroxyl groups excluding tert-OH is 1. The van der Waals surface area contributed by atoms with Crippen molar-refractivity contribution >= 4 is 18.4 Å². The van der Waals surface area contributed by atoms with Gasteiger partial charge >= 0.3 is 5.97 Å². The van der Waals surface area contributed by atoms with Crippen LogP contribution in [0.2, 0.25) is 0 Å². The molecule has 11 heavy (non-hydrogen) atoms. The summed E-state index contributed by atoms with van der Waals surface area (Å²) in [6.45, 7) is 0.814. The Morgan fingerprint density at radius 2 is 2.27 bits per heavy atom. The molecule has 0 amide bonds. The molecule has 1 aliphatic heterocycles. The third kappa shape index (κ3) is 2.65.